The summed E-state index contributed by atoms with van der Waals surface area (Å²) in [4.78, 5) is 22.0. The van der Waals surface area contributed by atoms with Gasteiger partial charge < -0.3 is 9.72 Å². The van der Waals surface area contributed by atoms with Gasteiger partial charge >= 0.3 is 6.09 Å². The number of nitrogens with zero attached hydrogens (tertiary/aromatic N) is 3. The molecule has 0 unspecified atom stereocenters. The predicted octanol–water partition coefficient (Wildman–Crippen LogP) is 5.30. The Hall–Kier alpha value is -2.33. The maximum Gasteiger partial charge on any atom is 0.410 e. The lowest BCUT2D eigenvalue weighted by molar-refractivity contribution is 0.0149. The van der Waals surface area contributed by atoms with Crippen LogP contribution in [0.1, 0.15) is 46.5 Å². The first kappa shape index (κ1) is 21.0. The second kappa shape index (κ2) is 8.57. The summed E-state index contributed by atoms with van der Waals surface area (Å²) in [5, 5.41) is 9.17. The monoisotopic (exact) mass is 432 g/mol. The van der Waals surface area contributed by atoms with E-state index in [-0.39, 0.29) is 18.5 Å². The highest BCUT2D eigenvalue weighted by Crippen LogP contribution is 2.25. The Morgan fingerprint density at radius 1 is 1.33 bits per heavy atom. The average Bonchev–Trinajstić information content (AvgIpc) is 3.08. The molecule has 0 saturated carbocycles. The van der Waals surface area contributed by atoms with Crippen LogP contribution < -0.4 is 0 Å². The van der Waals surface area contributed by atoms with E-state index >= 15 is 0 Å². The summed E-state index contributed by atoms with van der Waals surface area (Å²) < 4.78 is 6.52. The van der Waals surface area contributed by atoms with Gasteiger partial charge in [0.1, 0.15) is 11.4 Å². The van der Waals surface area contributed by atoms with E-state index in [1.807, 2.05) is 52.0 Å². The van der Waals surface area contributed by atoms with Crippen molar-refractivity contribution in [1.82, 2.24) is 14.9 Å². The number of amides is 1. The number of carbonyl (C=O) groups excluding carboxylic acids is 1. The Bertz CT molecular complexity index is 818. The predicted molar refractivity (Wildman–Crippen MR) is 108 cm³/mol. The van der Waals surface area contributed by atoms with E-state index < -0.39 is 11.7 Å². The molecule has 1 aromatic carbocycles. The number of aromatic amines is 1. The van der Waals surface area contributed by atoms with Gasteiger partial charge in [0, 0.05) is 11.0 Å². The molecule has 0 saturated heterocycles. The van der Waals surface area contributed by atoms with Crippen LogP contribution in [-0.2, 0) is 4.74 Å². The molecule has 2 atom stereocenters. The molecule has 6 nitrogen and oxygen atoms in total. The topological polar surface area (TPSA) is 82.0 Å². The maximum atomic E-state index is 12.7. The van der Waals surface area contributed by atoms with Gasteiger partial charge in [0.15, 0.2) is 0 Å². The number of rotatable bonds is 5. The lowest BCUT2D eigenvalue weighted by atomic mass is 10.1. The van der Waals surface area contributed by atoms with E-state index in [1.165, 1.54) is 0 Å². The number of aromatic nitrogens is 2. The number of ether oxygens (including phenoxy) is 1. The zero-order valence-electron chi connectivity index (χ0n) is 16.3. The molecule has 0 radical (unpaired) electrons. The molecule has 0 fully saturated rings. The summed E-state index contributed by atoms with van der Waals surface area (Å²) in [5.41, 5.74) is 1.25. The molecule has 0 aliphatic rings. The van der Waals surface area contributed by atoms with E-state index in [0.29, 0.717) is 5.82 Å². The van der Waals surface area contributed by atoms with Crippen molar-refractivity contribution >= 4 is 22.0 Å². The summed E-state index contributed by atoms with van der Waals surface area (Å²) in [5.74, 6) is 0.324. The van der Waals surface area contributed by atoms with E-state index in [9.17, 15) is 4.79 Å². The van der Waals surface area contributed by atoms with Crippen LogP contribution in [0.15, 0.2) is 34.9 Å². The number of nitriles is 1. The molecular formula is C20H25BrN4O2. The highest BCUT2D eigenvalue weighted by atomic mass is 79.9. The number of H-pyrrole nitrogens is 1. The van der Waals surface area contributed by atoms with Crippen LogP contribution in [0.25, 0.3) is 11.3 Å². The summed E-state index contributed by atoms with van der Waals surface area (Å²) in [6.45, 7) is 9.37. The molecule has 0 aliphatic heterocycles. The number of carbonyl (C=O) groups is 1. The second-order valence-electron chi connectivity index (χ2n) is 7.53. The van der Waals surface area contributed by atoms with Crippen molar-refractivity contribution in [3.8, 4) is 17.3 Å². The normalized spacial score (nSPS) is 13.5. The maximum absolute atomic E-state index is 12.7. The van der Waals surface area contributed by atoms with Gasteiger partial charge in [-0.15, -0.1) is 0 Å². The average molecular weight is 433 g/mol. The van der Waals surface area contributed by atoms with Gasteiger partial charge in [0.25, 0.3) is 0 Å². The standard InChI is InChI=1S/C20H25BrN4O2/c1-13(10-22)12-25(19(26)27-20(3,4)5)14(2)18-23-11-17(24-18)15-6-8-16(21)9-7-15/h6-9,11,13-14H,12H2,1-5H3,(H,23,24)/t13-,14+/m1/s1. The summed E-state index contributed by atoms with van der Waals surface area (Å²) in [6.07, 6.45) is 1.29. The zero-order chi connectivity index (χ0) is 20.2. The molecule has 0 spiro atoms. The molecule has 1 N–H and O–H groups in total. The number of imidazole rings is 1. The third-order valence-electron chi connectivity index (χ3n) is 3.93. The first-order valence-electron chi connectivity index (χ1n) is 8.81. The smallest absolute Gasteiger partial charge is 0.410 e. The van der Waals surface area contributed by atoms with Gasteiger partial charge in [-0.25, -0.2) is 9.78 Å². The number of nitrogens with one attached hydrogen (secondary N) is 1. The largest absolute Gasteiger partial charge is 0.444 e. The van der Waals surface area contributed by atoms with Crippen LogP contribution >= 0.6 is 15.9 Å². The minimum atomic E-state index is -0.614. The minimum absolute atomic E-state index is 0.265. The van der Waals surface area contributed by atoms with Crippen LogP contribution in [-0.4, -0.2) is 33.1 Å². The molecule has 2 aromatic rings. The highest BCUT2D eigenvalue weighted by molar-refractivity contribution is 9.10. The number of halogens is 1. The van der Waals surface area contributed by atoms with Gasteiger partial charge in [-0.3, -0.25) is 4.90 Å². The van der Waals surface area contributed by atoms with Crippen LogP contribution in [0.2, 0.25) is 0 Å². The van der Waals surface area contributed by atoms with Crippen molar-refractivity contribution in [2.75, 3.05) is 6.54 Å². The Balaban J connectivity index is 2.26. The number of hydrogen-bond donors (Lipinski definition) is 1. The van der Waals surface area contributed by atoms with Gasteiger partial charge in [0.2, 0.25) is 0 Å². The van der Waals surface area contributed by atoms with Gasteiger partial charge in [-0.05, 0) is 52.3 Å². The zero-order valence-corrected chi connectivity index (χ0v) is 17.9. The molecule has 1 aromatic heterocycles. The molecule has 144 valence electrons. The first-order valence-corrected chi connectivity index (χ1v) is 9.60. The van der Waals surface area contributed by atoms with Gasteiger partial charge in [0.05, 0.1) is 29.9 Å². The van der Waals surface area contributed by atoms with E-state index in [2.05, 4.69) is 32.0 Å². The van der Waals surface area contributed by atoms with Crippen molar-refractivity contribution < 1.29 is 9.53 Å². The van der Waals surface area contributed by atoms with Gasteiger partial charge in [-0.2, -0.15) is 5.26 Å². The Labute approximate surface area is 168 Å². The molecule has 2 rings (SSSR count). The van der Waals surface area contributed by atoms with Crippen molar-refractivity contribution in [2.24, 2.45) is 5.92 Å². The fraction of sp³-hybridized carbons (Fsp3) is 0.450. The molecule has 27 heavy (non-hydrogen) atoms. The Morgan fingerprint density at radius 3 is 2.52 bits per heavy atom. The first-order chi connectivity index (χ1) is 12.6. The number of benzene rings is 1. The molecule has 1 heterocycles. The van der Waals surface area contributed by atoms with E-state index in [4.69, 9.17) is 10.00 Å². The summed E-state index contributed by atoms with van der Waals surface area (Å²) >= 11 is 3.42. The number of hydrogen-bond acceptors (Lipinski definition) is 4. The van der Waals surface area contributed by atoms with Crippen molar-refractivity contribution in [1.29, 1.82) is 5.26 Å². The summed E-state index contributed by atoms with van der Waals surface area (Å²) in [6, 6.07) is 9.69. The Morgan fingerprint density at radius 2 is 1.96 bits per heavy atom. The van der Waals surface area contributed by atoms with Crippen molar-refractivity contribution in [3.05, 3.63) is 40.8 Å². The lowest BCUT2D eigenvalue weighted by Crippen LogP contribution is -2.40. The molecule has 0 aliphatic carbocycles. The van der Waals surface area contributed by atoms with E-state index in [1.54, 1.807) is 18.0 Å². The highest BCUT2D eigenvalue weighted by Gasteiger charge is 2.29. The van der Waals surface area contributed by atoms with E-state index in [0.717, 1.165) is 15.7 Å². The SMILES string of the molecule is C[C@H](C#N)CN(C(=O)OC(C)(C)C)[C@@H](C)c1ncc(-c2ccc(Br)cc2)[nH]1. The van der Waals surface area contributed by atoms with Crippen LogP contribution in [0.4, 0.5) is 4.79 Å². The van der Waals surface area contributed by atoms with Gasteiger partial charge in [-0.1, -0.05) is 28.1 Å². The lowest BCUT2D eigenvalue weighted by Gasteiger charge is -2.31. The minimum Gasteiger partial charge on any atom is -0.444 e. The quantitative estimate of drug-likeness (QED) is 0.694. The van der Waals surface area contributed by atoms with Crippen LogP contribution in [0.3, 0.4) is 0 Å². The van der Waals surface area contributed by atoms with Crippen LogP contribution in [0, 0.1) is 17.2 Å². The third-order valence-corrected chi connectivity index (χ3v) is 4.46. The van der Waals surface area contributed by atoms with Crippen molar-refractivity contribution in [2.45, 2.75) is 46.3 Å². The fourth-order valence-electron chi connectivity index (χ4n) is 2.52. The fourth-order valence-corrected chi connectivity index (χ4v) is 2.78. The molecule has 1 amide bonds. The van der Waals surface area contributed by atoms with Crippen LogP contribution in [0.5, 0.6) is 0 Å². The Kier molecular flexibility index (Phi) is 6.66. The second-order valence-corrected chi connectivity index (χ2v) is 8.44. The molecular weight excluding hydrogens is 408 g/mol. The molecule has 0 bridgehead atoms. The summed E-state index contributed by atoms with van der Waals surface area (Å²) in [7, 11) is 0. The molecule has 7 heteroatoms. The van der Waals surface area contributed by atoms with Crippen molar-refractivity contribution in [3.63, 3.8) is 0 Å². The third kappa shape index (κ3) is 5.83.